The highest BCUT2D eigenvalue weighted by atomic mass is 16.5. The van der Waals surface area contributed by atoms with Crippen molar-refractivity contribution >= 4 is 6.29 Å². The molecule has 2 aromatic heterocycles. The molecule has 4 heteroatoms. The standard InChI is InChI=1S/C13H14N2O2/c1-9(2)6-11-7-13(15-17-11)12-5-3-4-10(8-16)14-12/h3-5,7-9H,6H2,1-2H3. The molecule has 17 heavy (non-hydrogen) atoms. The van der Waals surface area contributed by atoms with Gasteiger partial charge in [0.05, 0.1) is 5.69 Å². The Morgan fingerprint density at radius 1 is 1.35 bits per heavy atom. The number of rotatable bonds is 4. The molecule has 0 aliphatic rings. The van der Waals surface area contributed by atoms with E-state index in [9.17, 15) is 4.79 Å². The van der Waals surface area contributed by atoms with Gasteiger partial charge in [-0.15, -0.1) is 0 Å². The van der Waals surface area contributed by atoms with Crippen LogP contribution in [0.25, 0.3) is 11.4 Å². The van der Waals surface area contributed by atoms with E-state index in [4.69, 9.17) is 4.52 Å². The van der Waals surface area contributed by atoms with Crippen LogP contribution in [0.1, 0.15) is 30.1 Å². The number of carbonyl (C=O) groups is 1. The van der Waals surface area contributed by atoms with Crippen molar-refractivity contribution in [1.82, 2.24) is 10.1 Å². The van der Waals surface area contributed by atoms with Gasteiger partial charge in [-0.25, -0.2) is 4.98 Å². The summed E-state index contributed by atoms with van der Waals surface area (Å²) in [5, 5.41) is 3.96. The first-order valence-corrected chi connectivity index (χ1v) is 5.57. The van der Waals surface area contributed by atoms with E-state index in [1.807, 2.05) is 12.1 Å². The minimum Gasteiger partial charge on any atom is -0.361 e. The first-order chi connectivity index (χ1) is 8.19. The lowest BCUT2D eigenvalue weighted by Crippen LogP contribution is -1.91. The summed E-state index contributed by atoms with van der Waals surface area (Å²) >= 11 is 0. The molecule has 0 bridgehead atoms. The summed E-state index contributed by atoms with van der Waals surface area (Å²) in [6.45, 7) is 4.24. The van der Waals surface area contributed by atoms with Crippen molar-refractivity contribution in [2.24, 2.45) is 5.92 Å². The molecule has 0 saturated heterocycles. The van der Waals surface area contributed by atoms with Crippen molar-refractivity contribution in [3.8, 4) is 11.4 Å². The highest BCUT2D eigenvalue weighted by Gasteiger charge is 2.09. The second-order valence-electron chi connectivity index (χ2n) is 4.34. The quantitative estimate of drug-likeness (QED) is 0.758. The van der Waals surface area contributed by atoms with Crippen LogP contribution in [0.15, 0.2) is 28.8 Å². The lowest BCUT2D eigenvalue weighted by molar-refractivity contribution is 0.111. The minimum atomic E-state index is 0.399. The van der Waals surface area contributed by atoms with Crippen LogP contribution < -0.4 is 0 Å². The zero-order valence-corrected chi connectivity index (χ0v) is 9.88. The van der Waals surface area contributed by atoms with Gasteiger partial charge in [-0.2, -0.15) is 0 Å². The smallest absolute Gasteiger partial charge is 0.168 e. The fraction of sp³-hybridized carbons (Fsp3) is 0.308. The molecule has 0 spiro atoms. The Labute approximate surface area is 99.7 Å². The second-order valence-corrected chi connectivity index (χ2v) is 4.34. The third kappa shape index (κ3) is 2.78. The van der Waals surface area contributed by atoms with Gasteiger partial charge in [-0.05, 0) is 18.1 Å². The molecule has 0 saturated carbocycles. The van der Waals surface area contributed by atoms with Crippen LogP contribution in [0, 0.1) is 5.92 Å². The zero-order chi connectivity index (χ0) is 12.3. The van der Waals surface area contributed by atoms with Crippen LogP contribution in [0.3, 0.4) is 0 Å². The minimum absolute atomic E-state index is 0.399. The summed E-state index contributed by atoms with van der Waals surface area (Å²) in [6.07, 6.45) is 1.57. The van der Waals surface area contributed by atoms with Gasteiger partial charge in [0.15, 0.2) is 6.29 Å². The predicted octanol–water partition coefficient (Wildman–Crippen LogP) is 2.75. The maximum Gasteiger partial charge on any atom is 0.168 e. The number of nitrogens with zero attached hydrogens (tertiary/aromatic N) is 2. The zero-order valence-electron chi connectivity index (χ0n) is 9.88. The fourth-order valence-electron chi connectivity index (χ4n) is 1.59. The SMILES string of the molecule is CC(C)Cc1cc(-c2cccc(C=O)n2)no1. The van der Waals surface area contributed by atoms with Crippen LogP contribution in [-0.4, -0.2) is 16.4 Å². The van der Waals surface area contributed by atoms with Gasteiger partial charge in [0.25, 0.3) is 0 Å². The van der Waals surface area contributed by atoms with Crippen LogP contribution in [0.5, 0.6) is 0 Å². The van der Waals surface area contributed by atoms with Gasteiger partial charge >= 0.3 is 0 Å². The summed E-state index contributed by atoms with van der Waals surface area (Å²) in [7, 11) is 0. The van der Waals surface area contributed by atoms with E-state index in [-0.39, 0.29) is 0 Å². The maximum absolute atomic E-state index is 10.6. The van der Waals surface area contributed by atoms with Crippen LogP contribution >= 0.6 is 0 Å². The van der Waals surface area contributed by atoms with Crippen molar-refractivity contribution in [2.75, 3.05) is 0 Å². The molecule has 0 amide bonds. The molecule has 0 N–H and O–H groups in total. The van der Waals surface area contributed by atoms with Crippen LogP contribution in [0.2, 0.25) is 0 Å². The van der Waals surface area contributed by atoms with E-state index in [1.54, 1.807) is 12.1 Å². The number of aldehydes is 1. The molecule has 0 aromatic carbocycles. The molecule has 0 radical (unpaired) electrons. The van der Waals surface area contributed by atoms with Gasteiger partial charge in [0, 0.05) is 12.5 Å². The summed E-state index contributed by atoms with van der Waals surface area (Å²) in [5.41, 5.74) is 1.73. The van der Waals surface area contributed by atoms with Crippen LogP contribution in [-0.2, 0) is 6.42 Å². The molecule has 2 aromatic rings. The van der Waals surface area contributed by atoms with Gasteiger partial charge in [-0.1, -0.05) is 25.1 Å². The topological polar surface area (TPSA) is 56.0 Å². The Bertz CT molecular complexity index is 518. The third-order valence-corrected chi connectivity index (χ3v) is 2.32. The Morgan fingerprint density at radius 3 is 2.88 bits per heavy atom. The van der Waals surface area contributed by atoms with Crippen molar-refractivity contribution < 1.29 is 9.32 Å². The average Bonchev–Trinajstić information content (AvgIpc) is 2.77. The molecule has 4 nitrogen and oxygen atoms in total. The summed E-state index contributed by atoms with van der Waals surface area (Å²) in [4.78, 5) is 14.8. The lowest BCUT2D eigenvalue weighted by Gasteiger charge is -1.97. The van der Waals surface area contributed by atoms with E-state index in [0.29, 0.717) is 23.0 Å². The normalized spacial score (nSPS) is 10.8. The number of hydrogen-bond acceptors (Lipinski definition) is 4. The third-order valence-electron chi connectivity index (χ3n) is 2.32. The first-order valence-electron chi connectivity index (χ1n) is 5.57. The van der Waals surface area contributed by atoms with E-state index in [1.165, 1.54) is 0 Å². The molecule has 0 unspecified atom stereocenters. The number of aromatic nitrogens is 2. The molecule has 0 fully saturated rings. The number of carbonyl (C=O) groups excluding carboxylic acids is 1. The number of hydrogen-bond donors (Lipinski definition) is 0. The monoisotopic (exact) mass is 230 g/mol. The molecular weight excluding hydrogens is 216 g/mol. The highest BCUT2D eigenvalue weighted by Crippen LogP contribution is 2.18. The molecular formula is C13H14N2O2. The van der Waals surface area contributed by atoms with Gasteiger partial charge < -0.3 is 4.52 Å². The maximum atomic E-state index is 10.6. The van der Waals surface area contributed by atoms with E-state index < -0.39 is 0 Å². The first kappa shape index (κ1) is 11.5. The molecule has 0 aliphatic heterocycles. The van der Waals surface area contributed by atoms with Gasteiger partial charge in [0.2, 0.25) is 0 Å². The largest absolute Gasteiger partial charge is 0.361 e. The van der Waals surface area contributed by atoms with E-state index in [2.05, 4.69) is 24.0 Å². The second kappa shape index (κ2) is 4.91. The van der Waals surface area contributed by atoms with Gasteiger partial charge in [-0.3, -0.25) is 4.79 Å². The van der Waals surface area contributed by atoms with Gasteiger partial charge in [0.1, 0.15) is 17.1 Å². The Kier molecular flexibility index (Phi) is 3.32. The van der Waals surface area contributed by atoms with Crippen LogP contribution in [0.4, 0.5) is 0 Å². The lowest BCUT2D eigenvalue weighted by atomic mass is 10.1. The predicted molar refractivity (Wildman–Crippen MR) is 63.7 cm³/mol. The molecule has 0 aliphatic carbocycles. The van der Waals surface area contributed by atoms with Crippen molar-refractivity contribution in [3.63, 3.8) is 0 Å². The highest BCUT2D eigenvalue weighted by molar-refractivity contribution is 5.73. The summed E-state index contributed by atoms with van der Waals surface area (Å²) < 4.78 is 5.23. The van der Waals surface area contributed by atoms with E-state index in [0.717, 1.165) is 18.5 Å². The Morgan fingerprint density at radius 2 is 2.18 bits per heavy atom. The molecule has 2 heterocycles. The van der Waals surface area contributed by atoms with Crippen molar-refractivity contribution in [2.45, 2.75) is 20.3 Å². The van der Waals surface area contributed by atoms with E-state index >= 15 is 0 Å². The van der Waals surface area contributed by atoms with Crippen molar-refractivity contribution in [1.29, 1.82) is 0 Å². The Balaban J connectivity index is 2.26. The molecule has 88 valence electrons. The number of pyridine rings is 1. The van der Waals surface area contributed by atoms with Crippen molar-refractivity contribution in [3.05, 3.63) is 35.7 Å². The summed E-state index contributed by atoms with van der Waals surface area (Å²) in [5.74, 6) is 1.36. The summed E-state index contributed by atoms with van der Waals surface area (Å²) in [6, 6.07) is 7.12. The Hall–Kier alpha value is -1.97. The molecule has 2 rings (SSSR count). The molecule has 0 atom stereocenters. The average molecular weight is 230 g/mol. The fourth-order valence-corrected chi connectivity index (χ4v) is 1.59.